The summed E-state index contributed by atoms with van der Waals surface area (Å²) in [5, 5.41) is 1.23. The molecule has 0 atom stereocenters. The van der Waals surface area contributed by atoms with Gasteiger partial charge in [0.1, 0.15) is 5.75 Å². The molecule has 2 aromatic rings. The average molecular weight is 242 g/mol. The van der Waals surface area contributed by atoms with Gasteiger partial charge in [-0.2, -0.15) is 0 Å². The zero-order chi connectivity index (χ0) is 12.3. The minimum absolute atomic E-state index is 0.104. The number of fused-ring (bicyclic) bond motifs is 1. The van der Waals surface area contributed by atoms with Gasteiger partial charge in [0.2, 0.25) is 0 Å². The summed E-state index contributed by atoms with van der Waals surface area (Å²) in [5.74, 6) is 0.957. The molecule has 0 unspecified atom stereocenters. The third-order valence-corrected chi connectivity index (χ3v) is 4.31. The van der Waals surface area contributed by atoms with Crippen molar-refractivity contribution in [2.24, 2.45) is 5.73 Å². The van der Waals surface area contributed by atoms with E-state index in [4.69, 9.17) is 10.5 Å². The molecule has 0 spiro atoms. The Hall–Kier alpha value is -1.48. The first-order valence-electron chi connectivity index (χ1n) is 6.70. The van der Waals surface area contributed by atoms with Crippen LogP contribution >= 0.6 is 0 Å². The van der Waals surface area contributed by atoms with E-state index in [2.05, 4.69) is 22.9 Å². The highest BCUT2D eigenvalue weighted by Gasteiger charge is 2.43. The summed E-state index contributed by atoms with van der Waals surface area (Å²) in [7, 11) is 1.74. The lowest BCUT2D eigenvalue weighted by Gasteiger charge is -2.09. The van der Waals surface area contributed by atoms with E-state index in [0.29, 0.717) is 6.04 Å². The lowest BCUT2D eigenvalue weighted by Crippen LogP contribution is -2.18. The highest BCUT2D eigenvalue weighted by Crippen LogP contribution is 2.50. The van der Waals surface area contributed by atoms with Crippen LogP contribution in [0, 0.1) is 0 Å². The maximum Gasteiger partial charge on any atom is 0.128 e. The third-order valence-electron chi connectivity index (χ3n) is 4.31. The highest BCUT2D eigenvalue weighted by molar-refractivity contribution is 5.91. The smallest absolute Gasteiger partial charge is 0.128 e. The van der Waals surface area contributed by atoms with Crippen LogP contribution < -0.4 is 10.5 Å². The molecule has 1 aromatic heterocycles. The first-order chi connectivity index (χ1) is 8.73. The maximum atomic E-state index is 6.42. The predicted octanol–water partition coefficient (Wildman–Crippen LogP) is 2.93. The number of benzene rings is 1. The van der Waals surface area contributed by atoms with Crippen molar-refractivity contribution < 1.29 is 4.74 Å². The van der Waals surface area contributed by atoms with E-state index in [0.717, 1.165) is 18.6 Å². The molecule has 3 nitrogen and oxygen atoms in total. The van der Waals surface area contributed by atoms with Gasteiger partial charge >= 0.3 is 0 Å². The molecule has 18 heavy (non-hydrogen) atoms. The number of nitrogens with two attached hydrogens (primary N) is 1. The van der Waals surface area contributed by atoms with Crippen LogP contribution in [-0.2, 0) is 5.54 Å². The van der Waals surface area contributed by atoms with Gasteiger partial charge in [-0.05, 0) is 37.8 Å². The lowest BCUT2D eigenvalue weighted by atomic mass is 10.0. The fraction of sp³-hybridized carbons (Fsp3) is 0.467. The molecule has 2 saturated carbocycles. The number of hydrogen-bond acceptors (Lipinski definition) is 2. The van der Waals surface area contributed by atoms with Crippen LogP contribution in [0.5, 0.6) is 5.75 Å². The first kappa shape index (κ1) is 10.4. The van der Waals surface area contributed by atoms with E-state index in [1.54, 1.807) is 7.11 Å². The van der Waals surface area contributed by atoms with Crippen molar-refractivity contribution >= 4 is 10.9 Å². The largest absolute Gasteiger partial charge is 0.496 e. The van der Waals surface area contributed by atoms with Gasteiger partial charge in [-0.15, -0.1) is 0 Å². The normalized spacial score (nSPS) is 21.2. The van der Waals surface area contributed by atoms with Gasteiger partial charge in [0, 0.05) is 28.7 Å². The van der Waals surface area contributed by atoms with Crippen LogP contribution in [0.25, 0.3) is 10.9 Å². The molecule has 1 heterocycles. The molecular formula is C15H18N2O. The monoisotopic (exact) mass is 242 g/mol. The van der Waals surface area contributed by atoms with Crippen LogP contribution in [0.3, 0.4) is 0 Å². The van der Waals surface area contributed by atoms with Crippen molar-refractivity contribution in [3.63, 3.8) is 0 Å². The molecule has 0 amide bonds. The van der Waals surface area contributed by atoms with Gasteiger partial charge in [-0.1, -0.05) is 6.07 Å². The molecule has 2 aliphatic rings. The molecule has 0 saturated heterocycles. The summed E-state index contributed by atoms with van der Waals surface area (Å²) >= 11 is 0. The molecule has 0 bridgehead atoms. The molecule has 94 valence electrons. The summed E-state index contributed by atoms with van der Waals surface area (Å²) in [6.45, 7) is 0. The Labute approximate surface area is 107 Å². The molecular weight excluding hydrogens is 224 g/mol. The van der Waals surface area contributed by atoms with Crippen molar-refractivity contribution in [2.45, 2.75) is 37.3 Å². The summed E-state index contributed by atoms with van der Waals surface area (Å²) in [4.78, 5) is 0. The average Bonchev–Trinajstić information content (AvgIpc) is 3.30. The summed E-state index contributed by atoms with van der Waals surface area (Å²) in [6.07, 6.45) is 7.04. The molecule has 2 fully saturated rings. The van der Waals surface area contributed by atoms with E-state index in [9.17, 15) is 0 Å². The number of methoxy groups -OCH3 is 1. The maximum absolute atomic E-state index is 6.42. The van der Waals surface area contributed by atoms with E-state index in [1.807, 2.05) is 6.07 Å². The van der Waals surface area contributed by atoms with Crippen LogP contribution in [0.4, 0.5) is 0 Å². The number of hydrogen-bond donors (Lipinski definition) is 1. The van der Waals surface area contributed by atoms with Crippen molar-refractivity contribution in [1.29, 1.82) is 0 Å². The predicted molar refractivity (Wildman–Crippen MR) is 71.9 cm³/mol. The molecule has 2 aliphatic carbocycles. The van der Waals surface area contributed by atoms with Crippen molar-refractivity contribution in [1.82, 2.24) is 4.57 Å². The second-order valence-electron chi connectivity index (χ2n) is 5.69. The Morgan fingerprint density at radius 3 is 2.72 bits per heavy atom. The zero-order valence-electron chi connectivity index (χ0n) is 10.6. The van der Waals surface area contributed by atoms with Crippen LogP contribution in [0.15, 0.2) is 24.4 Å². The van der Waals surface area contributed by atoms with Crippen LogP contribution in [0.1, 0.15) is 37.3 Å². The van der Waals surface area contributed by atoms with Crippen molar-refractivity contribution in [2.75, 3.05) is 7.11 Å². The van der Waals surface area contributed by atoms with Gasteiger partial charge in [0.15, 0.2) is 0 Å². The van der Waals surface area contributed by atoms with Crippen molar-refractivity contribution in [3.8, 4) is 5.75 Å². The second-order valence-corrected chi connectivity index (χ2v) is 5.69. The molecule has 0 radical (unpaired) electrons. The second kappa shape index (κ2) is 3.29. The number of aromatic nitrogens is 1. The Morgan fingerprint density at radius 1 is 1.33 bits per heavy atom. The standard InChI is InChI=1S/C15H18N2O/c1-18-13-4-2-3-12-14(13)11(15(16)7-8-15)9-17(12)10-5-6-10/h2-4,9-10H,5-8,16H2,1H3. The van der Waals surface area contributed by atoms with E-state index in [1.165, 1.54) is 29.3 Å². The topological polar surface area (TPSA) is 40.2 Å². The van der Waals surface area contributed by atoms with Crippen LogP contribution in [-0.4, -0.2) is 11.7 Å². The minimum atomic E-state index is -0.104. The minimum Gasteiger partial charge on any atom is -0.496 e. The van der Waals surface area contributed by atoms with Crippen molar-refractivity contribution in [3.05, 3.63) is 30.0 Å². The zero-order valence-corrected chi connectivity index (χ0v) is 10.6. The lowest BCUT2D eigenvalue weighted by molar-refractivity contribution is 0.419. The number of ether oxygens (including phenoxy) is 1. The van der Waals surface area contributed by atoms with Crippen LogP contribution in [0.2, 0.25) is 0 Å². The summed E-state index contributed by atoms with van der Waals surface area (Å²) in [6, 6.07) is 6.97. The van der Waals surface area contributed by atoms with Gasteiger partial charge in [0.25, 0.3) is 0 Å². The first-order valence-corrected chi connectivity index (χ1v) is 6.70. The van der Waals surface area contributed by atoms with Gasteiger partial charge in [-0.3, -0.25) is 0 Å². The molecule has 2 N–H and O–H groups in total. The van der Waals surface area contributed by atoms with E-state index >= 15 is 0 Å². The number of rotatable bonds is 3. The van der Waals surface area contributed by atoms with Gasteiger partial charge in [-0.25, -0.2) is 0 Å². The molecule has 4 rings (SSSR count). The molecule has 3 heteroatoms. The fourth-order valence-electron chi connectivity index (χ4n) is 2.89. The van der Waals surface area contributed by atoms with Gasteiger partial charge in [0.05, 0.1) is 12.6 Å². The Morgan fingerprint density at radius 2 is 2.11 bits per heavy atom. The Kier molecular flexibility index (Phi) is 1.91. The quantitative estimate of drug-likeness (QED) is 0.899. The summed E-state index contributed by atoms with van der Waals surface area (Å²) in [5.41, 5.74) is 8.88. The van der Waals surface area contributed by atoms with E-state index < -0.39 is 0 Å². The Bertz CT molecular complexity index is 621. The molecule has 0 aliphatic heterocycles. The molecule has 1 aromatic carbocycles. The highest BCUT2D eigenvalue weighted by atomic mass is 16.5. The SMILES string of the molecule is COc1cccc2c1c(C1(N)CC1)cn2C1CC1. The Balaban J connectivity index is 2.04. The summed E-state index contributed by atoms with van der Waals surface area (Å²) < 4.78 is 7.94. The third kappa shape index (κ3) is 1.34. The van der Waals surface area contributed by atoms with Gasteiger partial charge < -0.3 is 15.0 Å². The number of nitrogens with zero attached hydrogens (tertiary/aromatic N) is 1. The van der Waals surface area contributed by atoms with E-state index in [-0.39, 0.29) is 5.54 Å². The fourth-order valence-corrected chi connectivity index (χ4v) is 2.89.